The van der Waals surface area contributed by atoms with Crippen LogP contribution in [0.4, 0.5) is 0 Å². The van der Waals surface area contributed by atoms with Crippen molar-refractivity contribution in [1.82, 2.24) is 4.90 Å². The van der Waals surface area contributed by atoms with Crippen molar-refractivity contribution in [2.75, 3.05) is 20.6 Å². The van der Waals surface area contributed by atoms with Crippen LogP contribution in [0, 0.1) is 11.8 Å². The molecule has 1 atom stereocenters. The number of carbonyl (C=O) groups excluding carboxylic acids is 3. The first-order valence-corrected chi connectivity index (χ1v) is 11.9. The van der Waals surface area contributed by atoms with Crippen LogP contribution in [-0.2, 0) is 16.0 Å². The lowest BCUT2D eigenvalue weighted by atomic mass is 9.64. The van der Waals surface area contributed by atoms with Crippen LogP contribution in [0.15, 0.2) is 18.2 Å². The average molecular weight is 441 g/mol. The van der Waals surface area contributed by atoms with Gasteiger partial charge in [-0.15, -0.1) is 0 Å². The second kappa shape index (κ2) is 11.2. The third-order valence-corrected chi connectivity index (χ3v) is 6.90. The molecule has 1 fully saturated rings. The predicted molar refractivity (Wildman–Crippen MR) is 125 cm³/mol. The third kappa shape index (κ3) is 6.76. The monoisotopic (exact) mass is 441 g/mol. The van der Waals surface area contributed by atoms with Gasteiger partial charge >= 0.3 is 7.12 Å². The number of para-hydroxylation sites is 1. The van der Waals surface area contributed by atoms with E-state index in [1.807, 2.05) is 31.1 Å². The van der Waals surface area contributed by atoms with Crippen LogP contribution in [0.25, 0.3) is 0 Å². The molecule has 0 aromatic heterocycles. The van der Waals surface area contributed by atoms with Crippen LogP contribution in [-0.4, -0.2) is 55.0 Å². The summed E-state index contributed by atoms with van der Waals surface area (Å²) in [5, 5.41) is 10.5. The van der Waals surface area contributed by atoms with Crippen molar-refractivity contribution in [3.8, 4) is 5.75 Å². The molecule has 7 heteroatoms. The number of hydrogen-bond acceptors (Lipinski definition) is 6. The number of rotatable bonds is 10. The molecule has 32 heavy (non-hydrogen) atoms. The third-order valence-electron chi connectivity index (χ3n) is 6.90. The molecule has 0 bridgehead atoms. The quantitative estimate of drug-likeness (QED) is 0.440. The minimum atomic E-state index is -1.07. The number of nitrogens with zero attached hydrogens (tertiary/aromatic N) is 1. The summed E-state index contributed by atoms with van der Waals surface area (Å²) < 4.78 is 5.66. The highest BCUT2D eigenvalue weighted by Gasteiger charge is 2.37. The first-order valence-electron chi connectivity index (χ1n) is 11.9. The summed E-state index contributed by atoms with van der Waals surface area (Å²) in [7, 11) is 2.77. The van der Waals surface area contributed by atoms with E-state index in [0.29, 0.717) is 61.2 Å². The second-order valence-corrected chi connectivity index (χ2v) is 9.97. The maximum atomic E-state index is 12.7. The summed E-state index contributed by atoms with van der Waals surface area (Å²) >= 11 is 0. The van der Waals surface area contributed by atoms with Crippen molar-refractivity contribution in [2.24, 2.45) is 11.8 Å². The Morgan fingerprint density at radius 1 is 1.06 bits per heavy atom. The van der Waals surface area contributed by atoms with E-state index < -0.39 is 7.12 Å². The number of benzene rings is 1. The minimum absolute atomic E-state index is 0.0961. The van der Waals surface area contributed by atoms with Gasteiger partial charge in [0.1, 0.15) is 17.3 Å². The zero-order chi connectivity index (χ0) is 23.3. The Kier molecular flexibility index (Phi) is 8.66. The Morgan fingerprint density at radius 3 is 2.41 bits per heavy atom. The van der Waals surface area contributed by atoms with Crippen molar-refractivity contribution < 1.29 is 24.1 Å². The van der Waals surface area contributed by atoms with E-state index in [1.54, 1.807) is 6.07 Å². The van der Waals surface area contributed by atoms with Crippen LogP contribution < -0.4 is 4.65 Å². The van der Waals surface area contributed by atoms with Crippen LogP contribution in [0.5, 0.6) is 5.75 Å². The average Bonchev–Trinajstić information content (AvgIpc) is 2.72. The summed E-state index contributed by atoms with van der Waals surface area (Å²) in [5.41, 5.74) is 1.36. The number of ketones is 3. The van der Waals surface area contributed by atoms with Crippen LogP contribution >= 0.6 is 0 Å². The van der Waals surface area contributed by atoms with E-state index in [0.717, 1.165) is 37.7 Å². The lowest BCUT2D eigenvalue weighted by Gasteiger charge is -2.30. The van der Waals surface area contributed by atoms with Gasteiger partial charge in [0, 0.05) is 25.1 Å². The molecule has 1 heterocycles. The Bertz CT molecular complexity index is 832. The maximum Gasteiger partial charge on any atom is 0.526 e. The molecule has 1 saturated carbocycles. The maximum absolute atomic E-state index is 12.7. The van der Waals surface area contributed by atoms with E-state index in [1.165, 1.54) is 6.92 Å². The van der Waals surface area contributed by atoms with Crippen LogP contribution in [0.2, 0.25) is 5.82 Å². The van der Waals surface area contributed by atoms with Gasteiger partial charge < -0.3 is 14.6 Å². The Labute approximate surface area is 191 Å². The summed E-state index contributed by atoms with van der Waals surface area (Å²) in [6, 6.07) is 5.42. The normalized spacial score (nSPS) is 22.9. The van der Waals surface area contributed by atoms with Gasteiger partial charge in [0.05, 0.1) is 12.1 Å². The number of fused-ring (bicyclic) bond motifs is 1. The van der Waals surface area contributed by atoms with E-state index in [9.17, 15) is 19.4 Å². The molecular weight excluding hydrogens is 405 g/mol. The van der Waals surface area contributed by atoms with Gasteiger partial charge in [-0.1, -0.05) is 25.0 Å². The molecular formula is C25H36BNO5. The fourth-order valence-electron chi connectivity index (χ4n) is 5.15. The van der Waals surface area contributed by atoms with Crippen molar-refractivity contribution in [3.63, 3.8) is 0 Å². The van der Waals surface area contributed by atoms with Gasteiger partial charge in [-0.05, 0) is 70.2 Å². The number of likely N-dealkylation sites (N-methyl/N-ethyl adjacent to an activating group) is 1. The van der Waals surface area contributed by atoms with Gasteiger partial charge in [-0.2, -0.15) is 0 Å². The highest BCUT2D eigenvalue weighted by atomic mass is 16.5. The van der Waals surface area contributed by atoms with E-state index in [4.69, 9.17) is 4.65 Å². The molecule has 174 valence electrons. The predicted octanol–water partition coefficient (Wildman–Crippen LogP) is 3.74. The first-order chi connectivity index (χ1) is 15.2. The lowest BCUT2D eigenvalue weighted by molar-refractivity contribution is -0.120. The Hall–Kier alpha value is -1.99. The minimum Gasteiger partial charge on any atom is -0.535 e. The smallest absolute Gasteiger partial charge is 0.526 e. The largest absolute Gasteiger partial charge is 0.535 e. The highest BCUT2D eigenvalue weighted by Crippen LogP contribution is 2.38. The molecule has 1 aromatic carbocycles. The summed E-state index contributed by atoms with van der Waals surface area (Å²) in [5.74, 6) is 1.55. The molecule has 1 aliphatic carbocycles. The Morgan fingerprint density at radius 2 is 1.75 bits per heavy atom. The number of carbonyl (C=O) groups is 3. The highest BCUT2D eigenvalue weighted by molar-refractivity contribution is 6.47. The molecule has 0 spiro atoms. The topological polar surface area (TPSA) is 83.9 Å². The standard InChI is InChI=1S/C25H36BNO5/c1-17(28)24-6-4-5-20-14-21(26(31)32-25(20)24)15-23(30)13-19-9-7-18(8-10-19)11-12-22(29)16-27(2)3/h4-6,18-19,21,31H,7-16H2,1-3H3/t18?,19?,21-/m1/s1. The van der Waals surface area contributed by atoms with E-state index >= 15 is 0 Å². The molecule has 0 unspecified atom stereocenters. The fraction of sp³-hybridized carbons (Fsp3) is 0.640. The van der Waals surface area contributed by atoms with Gasteiger partial charge in [0.25, 0.3) is 0 Å². The van der Waals surface area contributed by atoms with Gasteiger partial charge in [0.15, 0.2) is 5.78 Å². The molecule has 6 nitrogen and oxygen atoms in total. The molecule has 0 amide bonds. The zero-order valence-electron chi connectivity index (χ0n) is 19.6. The number of Topliss-reactive ketones (excluding diaryl/α,β-unsaturated/α-hetero) is 3. The van der Waals surface area contributed by atoms with Crippen LogP contribution in [0.3, 0.4) is 0 Å². The Balaban J connectivity index is 1.43. The molecule has 1 N–H and O–H groups in total. The van der Waals surface area contributed by atoms with Gasteiger partial charge in [-0.25, -0.2) is 0 Å². The molecule has 1 aliphatic heterocycles. The van der Waals surface area contributed by atoms with Crippen molar-refractivity contribution in [2.45, 2.75) is 70.5 Å². The van der Waals surface area contributed by atoms with E-state index in [-0.39, 0.29) is 17.4 Å². The van der Waals surface area contributed by atoms with E-state index in [2.05, 4.69) is 0 Å². The molecule has 1 aromatic rings. The van der Waals surface area contributed by atoms with Crippen molar-refractivity contribution in [3.05, 3.63) is 29.3 Å². The zero-order valence-corrected chi connectivity index (χ0v) is 19.6. The summed E-state index contributed by atoms with van der Waals surface area (Å²) in [6.45, 7) is 2.00. The fourth-order valence-corrected chi connectivity index (χ4v) is 5.15. The van der Waals surface area contributed by atoms with Gasteiger partial charge in [0.2, 0.25) is 0 Å². The molecule has 2 aliphatic rings. The number of hydrogen-bond donors (Lipinski definition) is 1. The summed E-state index contributed by atoms with van der Waals surface area (Å²) in [4.78, 5) is 38.4. The molecule has 0 radical (unpaired) electrons. The van der Waals surface area contributed by atoms with Crippen molar-refractivity contribution in [1.29, 1.82) is 0 Å². The second-order valence-electron chi connectivity index (χ2n) is 9.97. The lowest BCUT2D eigenvalue weighted by Crippen LogP contribution is -2.36. The SMILES string of the molecule is CC(=O)c1cccc2c1OB(O)[C@@H](CC(=O)CC1CCC(CCC(=O)CN(C)C)CC1)C2. The molecule has 3 rings (SSSR count). The van der Waals surface area contributed by atoms with Crippen LogP contribution in [0.1, 0.15) is 74.2 Å². The molecule has 0 saturated heterocycles. The summed E-state index contributed by atoms with van der Waals surface area (Å²) in [6.07, 6.45) is 7.24. The van der Waals surface area contributed by atoms with Gasteiger partial charge in [-0.3, -0.25) is 14.4 Å². The first kappa shape index (κ1) is 24.7. The van der Waals surface area contributed by atoms with Crippen molar-refractivity contribution >= 4 is 24.5 Å².